The smallest absolute Gasteiger partial charge is 0.0785 e. The third-order valence-electron chi connectivity index (χ3n) is 9.62. The van der Waals surface area contributed by atoms with Gasteiger partial charge in [-0.25, -0.2) is 0 Å². The molecule has 0 aliphatic heterocycles. The predicted octanol–water partition coefficient (Wildman–Crippen LogP) is 12.5. The van der Waals surface area contributed by atoms with Crippen LogP contribution in [0.25, 0.3) is 80.6 Å². The van der Waals surface area contributed by atoms with Gasteiger partial charge in [0.25, 0.3) is 0 Å². The van der Waals surface area contributed by atoms with Gasteiger partial charge in [-0.15, -0.1) is 11.3 Å². The van der Waals surface area contributed by atoms with Gasteiger partial charge in [0.05, 0.1) is 16.6 Å². The van der Waals surface area contributed by atoms with Crippen molar-refractivity contribution in [1.82, 2.24) is 9.13 Å². The highest BCUT2D eigenvalue weighted by Crippen LogP contribution is 2.43. The zero-order valence-electron chi connectivity index (χ0n) is 25.5. The summed E-state index contributed by atoms with van der Waals surface area (Å²) in [4.78, 5) is 0. The van der Waals surface area contributed by atoms with Crippen molar-refractivity contribution in [2.75, 3.05) is 0 Å². The molecule has 0 saturated heterocycles. The van der Waals surface area contributed by atoms with Gasteiger partial charge in [-0.05, 0) is 47.9 Å². The molecule has 0 radical (unpaired) electrons. The highest BCUT2D eigenvalue weighted by Gasteiger charge is 2.20. The summed E-state index contributed by atoms with van der Waals surface area (Å²) in [7, 11) is 0. The van der Waals surface area contributed by atoms with Gasteiger partial charge < -0.3 is 9.13 Å². The van der Waals surface area contributed by atoms with Crippen LogP contribution in [0.1, 0.15) is 32.6 Å². The number of nitrogens with zero attached hydrogens (tertiary/aromatic N) is 2. The van der Waals surface area contributed by atoms with Crippen LogP contribution >= 0.6 is 11.3 Å². The molecule has 0 aliphatic rings. The third kappa shape index (κ3) is 4.07. The van der Waals surface area contributed by atoms with Crippen molar-refractivity contribution in [3.63, 3.8) is 0 Å². The van der Waals surface area contributed by atoms with Crippen molar-refractivity contribution in [1.29, 1.82) is 0 Å². The van der Waals surface area contributed by atoms with Crippen molar-refractivity contribution in [2.45, 2.75) is 39.2 Å². The highest BCUT2D eigenvalue weighted by molar-refractivity contribution is 7.26. The molecule has 0 amide bonds. The Morgan fingerprint density at radius 1 is 0.533 bits per heavy atom. The molecule has 0 bridgehead atoms. The van der Waals surface area contributed by atoms with Crippen molar-refractivity contribution < 1.29 is 0 Å². The number of fused-ring (bicyclic) bond motifs is 10. The molecule has 0 fully saturated rings. The van der Waals surface area contributed by atoms with Crippen molar-refractivity contribution in [3.05, 3.63) is 127 Å². The first-order chi connectivity index (χ1) is 22.3. The van der Waals surface area contributed by atoms with E-state index in [4.69, 9.17) is 0 Å². The summed E-state index contributed by atoms with van der Waals surface area (Å²) >= 11 is 1.90. The van der Waals surface area contributed by atoms with E-state index in [1.165, 1.54) is 106 Å². The van der Waals surface area contributed by atoms with Gasteiger partial charge in [0.15, 0.2) is 0 Å². The molecule has 0 atom stereocenters. The van der Waals surface area contributed by atoms with Gasteiger partial charge in [-0.1, -0.05) is 123 Å². The van der Waals surface area contributed by atoms with Crippen LogP contribution in [0.15, 0.2) is 127 Å². The lowest BCUT2D eigenvalue weighted by Gasteiger charge is -2.14. The fourth-order valence-corrected chi connectivity index (χ4v) is 8.81. The quantitative estimate of drug-likeness (QED) is 0.162. The van der Waals surface area contributed by atoms with E-state index in [-0.39, 0.29) is 0 Å². The minimum absolute atomic E-state index is 1.03. The van der Waals surface area contributed by atoms with Crippen LogP contribution < -0.4 is 0 Å². The number of rotatable bonds is 7. The van der Waals surface area contributed by atoms with Crippen molar-refractivity contribution in [2.24, 2.45) is 0 Å². The number of aryl methyl sites for hydroxylation is 1. The molecule has 9 aromatic rings. The number of hydrogen-bond acceptors (Lipinski definition) is 1. The zero-order chi connectivity index (χ0) is 29.9. The van der Waals surface area contributed by atoms with Crippen LogP contribution in [0.3, 0.4) is 0 Å². The Labute approximate surface area is 266 Å². The third-order valence-corrected chi connectivity index (χ3v) is 10.8. The molecule has 0 N–H and O–H groups in total. The van der Waals surface area contributed by atoms with E-state index in [0.717, 1.165) is 6.54 Å². The first-order valence-corrected chi connectivity index (χ1v) is 17.1. The summed E-state index contributed by atoms with van der Waals surface area (Å²) in [5.41, 5.74) is 8.98. The molecule has 3 heterocycles. The van der Waals surface area contributed by atoms with Crippen LogP contribution in [-0.2, 0) is 6.54 Å². The molecule has 3 heteroatoms. The van der Waals surface area contributed by atoms with Gasteiger partial charge >= 0.3 is 0 Å². The lowest BCUT2D eigenvalue weighted by molar-refractivity contribution is 0.602. The van der Waals surface area contributed by atoms with Gasteiger partial charge in [0.1, 0.15) is 0 Å². The number of aromatic nitrogens is 2. The summed E-state index contributed by atoms with van der Waals surface area (Å²) in [5, 5.41) is 7.97. The Hall–Kier alpha value is -4.86. The maximum absolute atomic E-state index is 2.61. The molecular weight excluding hydrogens is 565 g/mol. The summed E-state index contributed by atoms with van der Waals surface area (Å²) in [5.74, 6) is 0. The number of thiophene rings is 1. The average Bonchev–Trinajstić information content (AvgIpc) is 3.74. The molecule has 2 nitrogen and oxygen atoms in total. The minimum atomic E-state index is 1.03. The Morgan fingerprint density at radius 3 is 2.07 bits per heavy atom. The SMILES string of the molecule is CCCCCCn1c2ccccc2c2ccc3c4ccccc4n(-c4cccc(-c5cccc6c5sc5ccccc56)c4)c3c21. The molecule has 3 aromatic heterocycles. The lowest BCUT2D eigenvalue weighted by atomic mass is 10.0. The molecular formula is C42H34N2S. The van der Waals surface area contributed by atoms with Crippen molar-refractivity contribution >= 4 is 75.1 Å². The van der Waals surface area contributed by atoms with Crippen LogP contribution in [0.2, 0.25) is 0 Å². The van der Waals surface area contributed by atoms with Crippen molar-refractivity contribution in [3.8, 4) is 16.8 Å². The summed E-state index contributed by atoms with van der Waals surface area (Å²) in [6.45, 7) is 3.32. The number of para-hydroxylation sites is 2. The van der Waals surface area contributed by atoms with Gasteiger partial charge in [0.2, 0.25) is 0 Å². The number of hydrogen-bond donors (Lipinski definition) is 0. The van der Waals surface area contributed by atoms with E-state index in [1.807, 2.05) is 11.3 Å². The van der Waals surface area contributed by atoms with E-state index >= 15 is 0 Å². The van der Waals surface area contributed by atoms with Crippen LogP contribution in [0, 0.1) is 0 Å². The van der Waals surface area contributed by atoms with E-state index in [0.29, 0.717) is 0 Å². The van der Waals surface area contributed by atoms with Crippen LogP contribution in [-0.4, -0.2) is 9.13 Å². The molecule has 0 spiro atoms. The normalized spacial score (nSPS) is 12.1. The molecule has 6 aromatic carbocycles. The summed E-state index contributed by atoms with van der Waals surface area (Å²) < 4.78 is 7.84. The molecule has 0 unspecified atom stereocenters. The molecule has 45 heavy (non-hydrogen) atoms. The Balaban J connectivity index is 1.33. The lowest BCUT2D eigenvalue weighted by Crippen LogP contribution is -2.01. The Kier molecular flexibility index (Phi) is 6.28. The number of unbranched alkanes of at least 4 members (excludes halogenated alkanes) is 3. The fourth-order valence-electron chi connectivity index (χ4n) is 7.57. The summed E-state index contributed by atoms with van der Waals surface area (Å²) in [6.07, 6.45) is 4.98. The first-order valence-electron chi connectivity index (χ1n) is 16.3. The second kappa shape index (κ2) is 10.6. The molecule has 9 rings (SSSR count). The first kappa shape index (κ1) is 26.5. The van der Waals surface area contributed by atoms with Crippen LogP contribution in [0.4, 0.5) is 0 Å². The van der Waals surface area contributed by atoms with Gasteiger partial charge in [-0.3, -0.25) is 0 Å². The fraction of sp³-hybridized carbons (Fsp3) is 0.143. The maximum Gasteiger partial charge on any atom is 0.0785 e. The van der Waals surface area contributed by atoms with Crippen LogP contribution in [0.5, 0.6) is 0 Å². The topological polar surface area (TPSA) is 9.86 Å². The predicted molar refractivity (Wildman–Crippen MR) is 196 cm³/mol. The van der Waals surface area contributed by atoms with Gasteiger partial charge in [-0.2, -0.15) is 0 Å². The van der Waals surface area contributed by atoms with E-state index in [2.05, 4.69) is 143 Å². The van der Waals surface area contributed by atoms with E-state index < -0.39 is 0 Å². The maximum atomic E-state index is 2.61. The standard InChI is InChI=1S/C42H34N2S/c1-2-3-4-11-26-43-37-21-8-5-16-31(37)34-24-25-35-32-17-6-9-22-38(32)44(41(35)40(34)43)29-15-12-14-28(27-29)30-19-13-20-36-33-18-7-10-23-39(33)45-42(30)36/h5-10,12-25,27H,2-4,11,26H2,1H3. The largest absolute Gasteiger partial charge is 0.339 e. The monoisotopic (exact) mass is 598 g/mol. The number of benzene rings is 6. The highest BCUT2D eigenvalue weighted by atomic mass is 32.1. The van der Waals surface area contributed by atoms with E-state index in [9.17, 15) is 0 Å². The molecule has 0 aliphatic carbocycles. The minimum Gasteiger partial charge on any atom is -0.339 e. The molecule has 0 saturated carbocycles. The van der Waals surface area contributed by atoms with E-state index in [1.54, 1.807) is 0 Å². The Morgan fingerprint density at radius 2 is 1.22 bits per heavy atom. The summed E-state index contributed by atoms with van der Waals surface area (Å²) in [6, 6.07) is 47.4. The second-order valence-electron chi connectivity index (χ2n) is 12.3. The average molecular weight is 599 g/mol. The van der Waals surface area contributed by atoms with Gasteiger partial charge in [0, 0.05) is 59.5 Å². The molecule has 218 valence electrons. The zero-order valence-corrected chi connectivity index (χ0v) is 26.3. The second-order valence-corrected chi connectivity index (χ2v) is 13.3. The Bertz CT molecular complexity index is 2540.